The van der Waals surface area contributed by atoms with E-state index in [2.05, 4.69) is 187 Å². The molecule has 4 amide bonds. The van der Waals surface area contributed by atoms with Gasteiger partial charge in [0, 0.05) is 95.3 Å². The van der Waals surface area contributed by atoms with Gasteiger partial charge in [-0.3, -0.25) is 28.9 Å². The summed E-state index contributed by atoms with van der Waals surface area (Å²) in [6.07, 6.45) is 17.6. The number of ketones is 2. The molecular formula is C89H128N12O12Si2. The molecule has 624 valence electrons. The second-order valence-electron chi connectivity index (χ2n) is 33.5. The molecule has 0 spiro atoms. The number of hydrogen-bond acceptors (Lipinski definition) is 20. The first-order valence-corrected chi connectivity index (χ1v) is 45.0. The molecular weight excluding hydrogens is 1490 g/mol. The lowest BCUT2D eigenvalue weighted by atomic mass is 9.85. The Kier molecular flexibility index (Phi) is 33.1. The number of ether oxygens (including phenoxy) is 3. The van der Waals surface area contributed by atoms with Crippen LogP contribution in [-0.4, -0.2) is 225 Å². The second-order valence-corrected chi connectivity index (χ2v) is 42.2. The third-order valence-electron chi connectivity index (χ3n) is 22.9. The normalized spacial score (nSPS) is 25.4. The average Bonchev–Trinajstić information content (AvgIpc) is 0.756. The third-order valence-corrected chi connectivity index (χ3v) is 32.9. The lowest BCUT2D eigenvalue weighted by Crippen LogP contribution is -2.67. The Morgan fingerprint density at radius 2 is 1.29 bits per heavy atom. The number of aliphatic hydroxyl groups excluding tert-OH is 1. The zero-order valence-corrected chi connectivity index (χ0v) is 72.1. The van der Waals surface area contributed by atoms with Crippen molar-refractivity contribution in [2.24, 2.45) is 27.6 Å². The Morgan fingerprint density at radius 1 is 0.739 bits per heavy atom. The molecule has 26 heteroatoms. The number of carbonyl (C=O) groups excluding carboxylic acids is 6. The van der Waals surface area contributed by atoms with Gasteiger partial charge in [0.2, 0.25) is 23.4 Å². The first kappa shape index (κ1) is 90.1. The van der Waals surface area contributed by atoms with E-state index in [-0.39, 0.29) is 100 Å². The molecule has 0 saturated carbocycles. The number of aliphatic hydroxyl groups is 1. The van der Waals surface area contributed by atoms with Crippen LogP contribution in [0.2, 0.25) is 10.1 Å². The molecule has 9 rings (SSSR count). The van der Waals surface area contributed by atoms with Gasteiger partial charge in [-0.05, 0) is 121 Å². The van der Waals surface area contributed by atoms with Crippen LogP contribution in [-0.2, 0) is 47.0 Å². The summed E-state index contributed by atoms with van der Waals surface area (Å²) in [5, 5.41) is 35.8. The number of aliphatic imine (C=N–C) groups is 2. The average molecular weight is 1610 g/mol. The molecule has 2 fully saturated rings. The molecule has 3 aromatic rings. The van der Waals surface area contributed by atoms with Crippen molar-refractivity contribution in [2.45, 2.75) is 199 Å². The number of nitrogens with zero attached hydrogens (tertiary/aromatic N) is 5. The van der Waals surface area contributed by atoms with E-state index in [0.29, 0.717) is 57.8 Å². The van der Waals surface area contributed by atoms with E-state index in [1.165, 1.54) is 35.9 Å². The predicted molar refractivity (Wildman–Crippen MR) is 461 cm³/mol. The highest BCUT2D eigenvalue weighted by Gasteiger charge is 2.53. The monoisotopic (exact) mass is 1610 g/mol. The van der Waals surface area contributed by atoms with Gasteiger partial charge >= 0.3 is 6.09 Å². The standard InChI is InChI=1S/C89H128N12O12Si2/c1-15-17-33-69(16-2)114(88(7,8)9,70-34-23-20-24-35-70)111-59-67-43-49-100-47-41-65(94-86(100)96-67)55-92-78(103)57-99(58-79(104)93-56-66-42-48-101-50-44-68(97-87(101)95-66)60-112-115(89(10,11)12,71-36-25-21-26-37-71)72-38-27-22-28-39-72)46-30-19-18-29-45-91-80-73-51-61(3)52-77(110-14)81(105)63(5)53-64(6)83(113-85(90)108)76(109-13)40-31-32-62(4)84(107)98-74(82(73)106)54-75(80)102/h15-17,20-28,31-40,53-54,61,63,65-68,76-77,81,83,91,105H,2,18-19,29-30,41-52,55-60H2,1,3-14H3,(H2,90,108)(H,92,103)(H,93,104)(H,94,96)(H,95,97)(H,98,107)/b17-15-,40-31-,62-32+,64-53+,69-33+/t61-,63+,65-,66-,67-,68-,76+,77+,81-,83+,114?/m1/s1. The zero-order valence-electron chi connectivity index (χ0n) is 70.1. The Balaban J connectivity index is 0.854. The quantitative estimate of drug-likeness (QED) is 0.00984. The molecule has 1 unspecified atom stereocenters. The number of unbranched alkanes of at least 4 members (excludes halogenated alkanes) is 3. The van der Waals surface area contributed by atoms with Crippen LogP contribution in [0.5, 0.6) is 0 Å². The molecule has 1 aliphatic carbocycles. The summed E-state index contributed by atoms with van der Waals surface area (Å²) < 4.78 is 31.8. The van der Waals surface area contributed by atoms with E-state index in [1.807, 2.05) is 43.9 Å². The number of carbonyl (C=O) groups is 6. The molecule has 6 aliphatic rings. The van der Waals surface area contributed by atoms with E-state index >= 15 is 0 Å². The third kappa shape index (κ3) is 23.7. The number of allylic oxidation sites excluding steroid dienone is 9. The number of rotatable bonds is 31. The minimum Gasteiger partial charge on any atom is -0.439 e. The van der Waals surface area contributed by atoms with Gasteiger partial charge in [0.25, 0.3) is 22.5 Å². The Bertz CT molecular complexity index is 4070. The number of primary amides is 1. The largest absolute Gasteiger partial charge is 0.439 e. The summed E-state index contributed by atoms with van der Waals surface area (Å²) in [6, 6.07) is 31.6. The smallest absolute Gasteiger partial charge is 0.405 e. The van der Waals surface area contributed by atoms with E-state index in [0.717, 1.165) is 87.9 Å². The summed E-state index contributed by atoms with van der Waals surface area (Å²) in [4.78, 5) is 100. The van der Waals surface area contributed by atoms with Crippen LogP contribution in [0.4, 0.5) is 4.79 Å². The summed E-state index contributed by atoms with van der Waals surface area (Å²) in [7, 11) is -2.76. The highest BCUT2D eigenvalue weighted by atomic mass is 28.4. The highest BCUT2D eigenvalue weighted by Crippen LogP contribution is 2.43. The van der Waals surface area contributed by atoms with Crippen LogP contribution in [0.15, 0.2) is 196 Å². The van der Waals surface area contributed by atoms with Gasteiger partial charge in [0.15, 0.2) is 18.0 Å². The fourth-order valence-corrected chi connectivity index (χ4v) is 25.8. The van der Waals surface area contributed by atoms with Crippen molar-refractivity contribution in [3.05, 3.63) is 186 Å². The number of nitrogens with one attached hydrogen (secondary N) is 6. The van der Waals surface area contributed by atoms with Gasteiger partial charge in [0.1, 0.15) is 6.10 Å². The van der Waals surface area contributed by atoms with Crippen molar-refractivity contribution < 1.29 is 56.9 Å². The predicted octanol–water partition coefficient (Wildman–Crippen LogP) is 8.50. The molecule has 115 heavy (non-hydrogen) atoms. The molecule has 0 radical (unpaired) electrons. The van der Waals surface area contributed by atoms with Crippen molar-refractivity contribution in [3.8, 4) is 0 Å². The first-order chi connectivity index (χ1) is 55.0. The number of hydrogen-bond donors (Lipinski definition) is 8. The van der Waals surface area contributed by atoms with E-state index in [1.54, 1.807) is 32.1 Å². The number of guanidine groups is 2. The molecule has 0 aromatic heterocycles. The van der Waals surface area contributed by atoms with Crippen LogP contribution in [0, 0.1) is 11.8 Å². The fraction of sp³-hybridized carbons (Fsp3) is 0.528. The van der Waals surface area contributed by atoms with Crippen molar-refractivity contribution >= 4 is 79.5 Å². The molecule has 24 nitrogen and oxygen atoms in total. The lowest BCUT2D eigenvalue weighted by molar-refractivity contribution is -0.125. The summed E-state index contributed by atoms with van der Waals surface area (Å²) in [5.74, 6) is -1.19. The minimum atomic E-state index is -2.89. The van der Waals surface area contributed by atoms with Crippen LogP contribution >= 0.6 is 0 Å². The maximum Gasteiger partial charge on any atom is 0.405 e. The molecule has 2 bridgehead atoms. The molecule has 2 saturated heterocycles. The molecule has 3 aromatic carbocycles. The Hall–Kier alpha value is -8.87. The molecule has 9 N–H and O–H groups in total. The van der Waals surface area contributed by atoms with Gasteiger partial charge in [-0.1, -0.05) is 214 Å². The number of amides is 4. The lowest BCUT2D eigenvalue weighted by Gasteiger charge is -2.45. The van der Waals surface area contributed by atoms with E-state index < -0.39 is 70.5 Å². The van der Waals surface area contributed by atoms with Crippen LogP contribution in [0.1, 0.15) is 140 Å². The van der Waals surface area contributed by atoms with Crippen LogP contribution in [0.3, 0.4) is 0 Å². The van der Waals surface area contributed by atoms with E-state index in [9.17, 15) is 33.9 Å². The van der Waals surface area contributed by atoms with Gasteiger partial charge in [-0.15, -0.1) is 0 Å². The second kappa shape index (κ2) is 42.3. The summed E-state index contributed by atoms with van der Waals surface area (Å²) in [5.41, 5.74) is 6.44. The van der Waals surface area contributed by atoms with Crippen LogP contribution < -0.4 is 53.2 Å². The van der Waals surface area contributed by atoms with Crippen LogP contribution in [0.25, 0.3) is 0 Å². The zero-order chi connectivity index (χ0) is 83.0. The van der Waals surface area contributed by atoms with Gasteiger partial charge in [-0.25, -0.2) is 14.8 Å². The summed E-state index contributed by atoms with van der Waals surface area (Å²) in [6.45, 7) is 32.6. The molecule has 11 atom stereocenters. The van der Waals surface area contributed by atoms with Gasteiger partial charge < -0.3 is 75.6 Å². The van der Waals surface area contributed by atoms with Crippen molar-refractivity contribution in [1.29, 1.82) is 0 Å². The Morgan fingerprint density at radius 3 is 1.81 bits per heavy atom. The van der Waals surface area contributed by atoms with Crippen molar-refractivity contribution in [1.82, 2.24) is 46.6 Å². The van der Waals surface area contributed by atoms with Gasteiger partial charge in [0.05, 0.1) is 62.0 Å². The topological polar surface area (TPSA) is 301 Å². The highest BCUT2D eigenvalue weighted by molar-refractivity contribution is 6.99. The maximum atomic E-state index is 14.6. The number of nitrogens with two attached hydrogens (primary N) is 1. The van der Waals surface area contributed by atoms with Gasteiger partial charge in [-0.2, -0.15) is 0 Å². The number of Topliss-reactive ketones (excluding diaryl/α,β-unsaturated/α-hetero) is 1. The molecule has 5 heterocycles. The summed E-state index contributed by atoms with van der Waals surface area (Å²) >= 11 is 0. The fourth-order valence-electron chi connectivity index (χ4n) is 16.7. The van der Waals surface area contributed by atoms with E-state index in [4.69, 9.17) is 38.8 Å². The van der Waals surface area contributed by atoms with Crippen molar-refractivity contribution in [3.63, 3.8) is 0 Å². The van der Waals surface area contributed by atoms with Crippen molar-refractivity contribution in [2.75, 3.05) is 92.9 Å². The maximum absolute atomic E-state index is 14.6. The number of benzene rings is 3. The number of fused-ring (bicyclic) bond motifs is 4. The Labute approximate surface area is 684 Å². The SMILES string of the molecule is C=C/C(=C\C=C/C)[Si](OC[C@H]1CCN2CC[C@H](CNC(=O)CN(CCCCCCNC3=C4C[C@@H](C)C[C@H](OC)[C@H](O)[C@@H](C)/C=C(\C)[C@H](OC(N)=O)[C@@H](OC)/C=C\C=C(/C)C(=O)NC(=CC3=O)C4=O)CC(=O)NC[C@H]3CCN4CC[C@H](CO[Si](c5ccccc5)(c5ccccc5)C(C)(C)C)N=C4N3)NC2=N1)(c1ccccc1)C(C)(C)C. The minimum absolute atomic E-state index is 0.00635. The first-order valence-electron chi connectivity index (χ1n) is 41.2. The number of methoxy groups -OCH3 is 2. The molecule has 5 aliphatic heterocycles.